The summed E-state index contributed by atoms with van der Waals surface area (Å²) in [6.45, 7) is 1.36. The molecule has 1 N–H and O–H groups in total. The zero-order chi connectivity index (χ0) is 18.5. The molecule has 2 aromatic carbocycles. The largest absolute Gasteiger partial charge is 0.300 e. The first-order valence-electron chi connectivity index (χ1n) is 7.69. The molecule has 2 heterocycles. The van der Waals surface area contributed by atoms with Crippen molar-refractivity contribution in [1.29, 1.82) is 0 Å². The number of thiazole rings is 1. The third-order valence-electron chi connectivity index (χ3n) is 3.99. The summed E-state index contributed by atoms with van der Waals surface area (Å²) in [6, 6.07) is 11.6. The van der Waals surface area contributed by atoms with Gasteiger partial charge in [0.05, 0.1) is 15.8 Å². The molecule has 0 spiro atoms. The van der Waals surface area contributed by atoms with Gasteiger partial charge in [0.15, 0.2) is 5.13 Å². The molecule has 0 unspecified atom stereocenters. The summed E-state index contributed by atoms with van der Waals surface area (Å²) >= 11 is 1.29. The number of nitrogens with zero attached hydrogens (tertiary/aromatic N) is 2. The summed E-state index contributed by atoms with van der Waals surface area (Å²) < 4.78 is 26.4. The average Bonchev–Trinajstić information content (AvgIpc) is 3.07. The Morgan fingerprint density at radius 2 is 2.00 bits per heavy atom. The molecule has 1 aliphatic heterocycles. The van der Waals surface area contributed by atoms with Crippen LogP contribution in [0.1, 0.15) is 15.9 Å². The van der Waals surface area contributed by atoms with E-state index in [4.69, 9.17) is 0 Å². The molecule has 0 radical (unpaired) electrons. The van der Waals surface area contributed by atoms with Gasteiger partial charge in [0, 0.05) is 0 Å². The summed E-state index contributed by atoms with van der Waals surface area (Å²) in [6.07, 6.45) is 0. The number of aromatic nitrogens is 1. The van der Waals surface area contributed by atoms with Crippen LogP contribution in [-0.2, 0) is 14.8 Å². The molecular weight excluding hydrogens is 374 g/mol. The minimum Gasteiger partial charge on any atom is -0.300 e. The Labute approximate surface area is 153 Å². The van der Waals surface area contributed by atoms with Crippen molar-refractivity contribution < 1.29 is 18.0 Å². The van der Waals surface area contributed by atoms with Crippen molar-refractivity contribution in [3.8, 4) is 0 Å². The number of fused-ring (bicyclic) bond motifs is 2. The van der Waals surface area contributed by atoms with Crippen molar-refractivity contribution >= 4 is 48.5 Å². The van der Waals surface area contributed by atoms with Crippen LogP contribution in [0.15, 0.2) is 47.4 Å². The van der Waals surface area contributed by atoms with E-state index in [0.717, 1.165) is 15.8 Å². The highest BCUT2D eigenvalue weighted by Crippen LogP contribution is 2.30. The predicted molar refractivity (Wildman–Crippen MR) is 97.7 cm³/mol. The van der Waals surface area contributed by atoms with E-state index in [1.165, 1.54) is 29.5 Å². The molecule has 26 heavy (non-hydrogen) atoms. The van der Waals surface area contributed by atoms with E-state index in [-0.39, 0.29) is 10.5 Å². The Morgan fingerprint density at radius 1 is 1.23 bits per heavy atom. The molecule has 0 fully saturated rings. The van der Waals surface area contributed by atoms with Gasteiger partial charge in [-0.25, -0.2) is 17.7 Å². The monoisotopic (exact) mass is 387 g/mol. The second-order valence-electron chi connectivity index (χ2n) is 5.85. The molecule has 7 nitrogen and oxygen atoms in total. The maximum Gasteiger partial charge on any atom is 0.269 e. The van der Waals surface area contributed by atoms with E-state index in [0.29, 0.717) is 9.44 Å². The summed E-state index contributed by atoms with van der Waals surface area (Å²) in [5, 5.41) is 2.93. The first kappa shape index (κ1) is 16.7. The van der Waals surface area contributed by atoms with Crippen molar-refractivity contribution in [2.75, 3.05) is 11.9 Å². The zero-order valence-electron chi connectivity index (χ0n) is 13.6. The minimum atomic E-state index is -4.01. The van der Waals surface area contributed by atoms with Gasteiger partial charge in [-0.2, -0.15) is 0 Å². The molecule has 132 valence electrons. The third kappa shape index (κ3) is 2.65. The molecule has 0 saturated carbocycles. The summed E-state index contributed by atoms with van der Waals surface area (Å²) in [7, 11) is -4.01. The highest BCUT2D eigenvalue weighted by Gasteiger charge is 2.41. The number of hydrogen-bond donors (Lipinski definition) is 1. The number of nitrogens with one attached hydrogen (secondary N) is 1. The number of aryl methyl sites for hydroxylation is 1. The highest BCUT2D eigenvalue weighted by atomic mass is 32.2. The van der Waals surface area contributed by atoms with Gasteiger partial charge in [0.25, 0.3) is 15.9 Å². The SMILES string of the molecule is Cc1ccc2nc(NC(=O)CN3C(=O)c4ccccc4S3(=O)=O)sc2c1. The van der Waals surface area contributed by atoms with Crippen LogP contribution in [0.3, 0.4) is 0 Å². The Morgan fingerprint density at radius 3 is 2.77 bits per heavy atom. The fraction of sp³-hybridized carbons (Fsp3) is 0.118. The van der Waals surface area contributed by atoms with E-state index < -0.39 is 28.4 Å². The van der Waals surface area contributed by atoms with Crippen LogP contribution in [0, 0.1) is 6.92 Å². The Bertz CT molecular complexity index is 1170. The molecule has 4 rings (SSSR count). The van der Waals surface area contributed by atoms with Gasteiger partial charge < -0.3 is 5.32 Å². The van der Waals surface area contributed by atoms with Gasteiger partial charge in [0.2, 0.25) is 5.91 Å². The molecule has 0 atom stereocenters. The lowest BCUT2D eigenvalue weighted by Gasteiger charge is -2.13. The fourth-order valence-corrected chi connectivity index (χ4v) is 5.27. The Balaban J connectivity index is 1.56. The normalized spacial score (nSPS) is 15.3. The van der Waals surface area contributed by atoms with Gasteiger partial charge >= 0.3 is 0 Å². The van der Waals surface area contributed by atoms with Crippen LogP contribution in [0.5, 0.6) is 0 Å². The van der Waals surface area contributed by atoms with Crippen molar-refractivity contribution in [3.05, 3.63) is 53.6 Å². The van der Waals surface area contributed by atoms with Gasteiger partial charge in [-0.1, -0.05) is 29.5 Å². The first-order chi connectivity index (χ1) is 12.4. The Hall–Kier alpha value is -2.78. The third-order valence-corrected chi connectivity index (χ3v) is 6.71. The van der Waals surface area contributed by atoms with Crippen LogP contribution in [0.2, 0.25) is 0 Å². The molecule has 1 aliphatic rings. The fourth-order valence-electron chi connectivity index (χ4n) is 2.76. The van der Waals surface area contributed by atoms with E-state index in [9.17, 15) is 18.0 Å². The van der Waals surface area contributed by atoms with Crippen LogP contribution >= 0.6 is 11.3 Å². The first-order valence-corrected chi connectivity index (χ1v) is 9.95. The van der Waals surface area contributed by atoms with Gasteiger partial charge in [-0.05, 0) is 36.8 Å². The predicted octanol–water partition coefficient (Wildman–Crippen LogP) is 2.39. The lowest BCUT2D eigenvalue weighted by atomic mass is 10.2. The van der Waals surface area contributed by atoms with E-state index in [1.54, 1.807) is 6.07 Å². The van der Waals surface area contributed by atoms with Gasteiger partial charge in [0.1, 0.15) is 11.4 Å². The van der Waals surface area contributed by atoms with E-state index in [1.807, 2.05) is 25.1 Å². The molecule has 0 saturated heterocycles. The highest BCUT2D eigenvalue weighted by molar-refractivity contribution is 7.90. The lowest BCUT2D eigenvalue weighted by molar-refractivity contribution is -0.116. The molecular formula is C17H13N3O4S2. The number of rotatable bonds is 3. The summed E-state index contributed by atoms with van der Waals surface area (Å²) in [4.78, 5) is 28.8. The molecule has 1 aromatic heterocycles. The van der Waals surface area contributed by atoms with Crippen LogP contribution in [0.4, 0.5) is 5.13 Å². The van der Waals surface area contributed by atoms with Gasteiger partial charge in [-0.3, -0.25) is 9.59 Å². The zero-order valence-corrected chi connectivity index (χ0v) is 15.2. The minimum absolute atomic E-state index is 0.0757. The number of carbonyl (C=O) groups is 2. The summed E-state index contributed by atoms with van der Waals surface area (Å²) in [5.74, 6) is -1.32. The lowest BCUT2D eigenvalue weighted by Crippen LogP contribution is -2.37. The van der Waals surface area contributed by atoms with Gasteiger partial charge in [-0.15, -0.1) is 0 Å². The van der Waals surface area contributed by atoms with E-state index in [2.05, 4.69) is 10.3 Å². The second-order valence-corrected chi connectivity index (χ2v) is 8.71. The van der Waals surface area contributed by atoms with Crippen molar-refractivity contribution in [1.82, 2.24) is 9.29 Å². The van der Waals surface area contributed by atoms with Crippen molar-refractivity contribution in [3.63, 3.8) is 0 Å². The molecule has 0 bridgehead atoms. The standard InChI is InChI=1S/C17H13N3O4S2/c1-10-6-7-12-13(8-10)25-17(18-12)19-15(21)9-20-16(22)11-4-2-3-5-14(11)26(20,23)24/h2-8H,9H2,1H3,(H,18,19,21). The maximum atomic E-state index is 12.5. The maximum absolute atomic E-state index is 12.5. The molecule has 2 amide bonds. The molecule has 0 aliphatic carbocycles. The smallest absolute Gasteiger partial charge is 0.269 e. The topological polar surface area (TPSA) is 96.4 Å². The average molecular weight is 387 g/mol. The van der Waals surface area contributed by atoms with E-state index >= 15 is 0 Å². The number of amides is 2. The van der Waals surface area contributed by atoms with Crippen LogP contribution in [-0.4, -0.2) is 36.1 Å². The number of sulfonamides is 1. The number of anilines is 1. The van der Waals surface area contributed by atoms with Crippen molar-refractivity contribution in [2.45, 2.75) is 11.8 Å². The van der Waals surface area contributed by atoms with Crippen molar-refractivity contribution in [2.24, 2.45) is 0 Å². The number of hydrogen-bond acceptors (Lipinski definition) is 6. The second kappa shape index (κ2) is 5.89. The number of benzene rings is 2. The Kier molecular flexibility index (Phi) is 3.78. The number of carbonyl (C=O) groups excluding carboxylic acids is 2. The molecule has 9 heteroatoms. The van der Waals surface area contributed by atoms with Crippen LogP contribution < -0.4 is 5.32 Å². The van der Waals surface area contributed by atoms with Crippen LogP contribution in [0.25, 0.3) is 10.2 Å². The quantitative estimate of drug-likeness (QED) is 0.744. The summed E-state index contributed by atoms with van der Waals surface area (Å²) in [5.41, 5.74) is 1.90. The molecule has 3 aromatic rings.